The van der Waals surface area contributed by atoms with Crippen LogP contribution in [0.1, 0.15) is 322 Å². The Morgan fingerprint density at radius 3 is 1.06 bits per heavy atom. The van der Waals surface area contributed by atoms with E-state index in [1.807, 2.05) is 27.2 Å². The highest BCUT2D eigenvalue weighted by Crippen LogP contribution is 2.43. The summed E-state index contributed by atoms with van der Waals surface area (Å²) in [5, 5.41) is 14.0. The van der Waals surface area contributed by atoms with Gasteiger partial charge in [0.15, 0.2) is 0 Å². The van der Waals surface area contributed by atoms with Gasteiger partial charge in [-0.1, -0.05) is 309 Å². The van der Waals surface area contributed by atoms with Gasteiger partial charge in [-0.05, 0) is 19.3 Å². The van der Waals surface area contributed by atoms with Crippen molar-refractivity contribution in [1.82, 2.24) is 5.32 Å². The molecule has 3 unspecified atom stereocenters. The quantitative estimate of drug-likeness (QED) is 0.0243. The minimum Gasteiger partial charge on any atom is -0.387 e. The average Bonchev–Trinajstić information content (AvgIpc) is 3.32. The third kappa shape index (κ3) is 55.0. The van der Waals surface area contributed by atoms with Gasteiger partial charge in [-0.25, -0.2) is 4.57 Å². The van der Waals surface area contributed by atoms with Crippen molar-refractivity contribution in [3.8, 4) is 0 Å². The summed E-state index contributed by atoms with van der Waals surface area (Å²) in [6.07, 6.45) is 66.1. The maximum Gasteiger partial charge on any atom is 0.472 e. The number of aliphatic hydroxyl groups is 1. The van der Waals surface area contributed by atoms with Crippen LogP contribution in [0.15, 0.2) is 12.2 Å². The molecule has 1 amide bonds. The molecular weight excluding hydrogens is 888 g/mol. The summed E-state index contributed by atoms with van der Waals surface area (Å²) in [4.78, 5) is 23.3. The summed E-state index contributed by atoms with van der Waals surface area (Å²) < 4.78 is 23.8. The molecule has 0 spiro atoms. The highest BCUT2D eigenvalue weighted by molar-refractivity contribution is 7.47. The maximum absolute atomic E-state index is 13.0. The normalized spacial score (nSPS) is 13.9. The molecule has 0 saturated carbocycles. The van der Waals surface area contributed by atoms with E-state index in [2.05, 4.69) is 19.2 Å². The highest BCUT2D eigenvalue weighted by Gasteiger charge is 2.27. The number of aliphatic hydroxyl groups excluding tert-OH is 1. The number of allylic oxidation sites excluding steroid dienone is 1. The molecule has 0 radical (unpaired) electrons. The number of amides is 1. The van der Waals surface area contributed by atoms with Crippen LogP contribution in [-0.4, -0.2) is 73.4 Å². The summed E-state index contributed by atoms with van der Waals surface area (Å²) in [5.41, 5.74) is 0. The molecule has 0 heterocycles. The van der Waals surface area contributed by atoms with E-state index in [4.69, 9.17) is 9.05 Å². The zero-order valence-electron chi connectivity index (χ0n) is 47.8. The van der Waals surface area contributed by atoms with Crippen molar-refractivity contribution >= 4 is 13.7 Å². The minimum atomic E-state index is -4.34. The smallest absolute Gasteiger partial charge is 0.387 e. The predicted octanol–water partition coefficient (Wildman–Crippen LogP) is 19.0. The van der Waals surface area contributed by atoms with Crippen molar-refractivity contribution < 1.29 is 32.9 Å². The van der Waals surface area contributed by atoms with E-state index in [1.165, 1.54) is 270 Å². The third-order valence-corrected chi connectivity index (χ3v) is 15.5. The van der Waals surface area contributed by atoms with Gasteiger partial charge >= 0.3 is 7.82 Å². The van der Waals surface area contributed by atoms with Crippen LogP contribution in [0.2, 0.25) is 0 Å². The lowest BCUT2D eigenvalue weighted by Crippen LogP contribution is -2.45. The maximum atomic E-state index is 13.0. The number of nitrogens with zero attached hydrogens (tertiary/aromatic N) is 1. The second-order valence-corrected chi connectivity index (χ2v) is 24.3. The van der Waals surface area contributed by atoms with Gasteiger partial charge in [0.2, 0.25) is 5.91 Å². The lowest BCUT2D eigenvalue weighted by Gasteiger charge is -2.25. The summed E-state index contributed by atoms with van der Waals surface area (Å²) in [6, 6.07) is -0.842. The monoisotopic (exact) mass is 1010 g/mol. The molecule has 70 heavy (non-hydrogen) atoms. The number of carbonyl (C=O) groups excluding carboxylic acids is 1. The Hall–Kier alpha value is -0.760. The van der Waals surface area contributed by atoms with Crippen LogP contribution in [0.3, 0.4) is 0 Å². The van der Waals surface area contributed by atoms with E-state index >= 15 is 0 Å². The van der Waals surface area contributed by atoms with E-state index < -0.39 is 20.0 Å². The Labute approximate surface area is 437 Å². The molecule has 8 nitrogen and oxygen atoms in total. The largest absolute Gasteiger partial charge is 0.472 e. The van der Waals surface area contributed by atoms with E-state index in [9.17, 15) is 19.4 Å². The van der Waals surface area contributed by atoms with Crippen LogP contribution in [0.5, 0.6) is 0 Å². The van der Waals surface area contributed by atoms with Gasteiger partial charge in [0.05, 0.1) is 39.9 Å². The summed E-state index contributed by atoms with van der Waals surface area (Å²) in [5.74, 6) is -0.169. The molecule has 3 atom stereocenters. The summed E-state index contributed by atoms with van der Waals surface area (Å²) in [7, 11) is 1.59. The van der Waals surface area contributed by atoms with Crippen LogP contribution in [0.4, 0.5) is 0 Å². The van der Waals surface area contributed by atoms with Crippen molar-refractivity contribution in [2.45, 2.75) is 334 Å². The number of quaternary nitrogens is 1. The van der Waals surface area contributed by atoms with Crippen molar-refractivity contribution in [3.05, 3.63) is 12.2 Å². The number of hydrogen-bond acceptors (Lipinski definition) is 5. The van der Waals surface area contributed by atoms with E-state index in [1.54, 1.807) is 6.08 Å². The van der Waals surface area contributed by atoms with Gasteiger partial charge in [-0.3, -0.25) is 13.8 Å². The fourth-order valence-electron chi connectivity index (χ4n) is 9.63. The molecule has 0 aliphatic rings. The fourth-order valence-corrected chi connectivity index (χ4v) is 10.4. The summed E-state index contributed by atoms with van der Waals surface area (Å²) >= 11 is 0. The van der Waals surface area contributed by atoms with Gasteiger partial charge < -0.3 is 19.8 Å². The van der Waals surface area contributed by atoms with E-state index in [-0.39, 0.29) is 19.1 Å². The lowest BCUT2D eigenvalue weighted by molar-refractivity contribution is -0.870. The molecule has 0 saturated heterocycles. The molecule has 9 heteroatoms. The van der Waals surface area contributed by atoms with Crippen molar-refractivity contribution in [1.29, 1.82) is 0 Å². The number of phosphoric ester groups is 1. The zero-order valence-corrected chi connectivity index (χ0v) is 48.7. The molecule has 0 aliphatic heterocycles. The standard InChI is InChI=1S/C61H123N2O6P/c1-6-8-10-12-14-16-18-20-22-24-26-27-28-29-30-31-32-33-34-35-37-38-40-42-44-46-48-50-52-54-60(64)59(58-69-70(66,67)68-57-56-63(3,4)5)62-61(65)55-53-51-49-47-45-43-41-39-36-25-23-21-19-17-15-13-11-9-7-2/h52,54,59-60,64H,6-51,53,55-58H2,1-5H3,(H-,62,65,66,67)/p+1/b54-52+. The molecular formula is C61H124N2O6P+. The lowest BCUT2D eigenvalue weighted by atomic mass is 10.0. The Balaban J connectivity index is 4.10. The van der Waals surface area contributed by atoms with Crippen LogP contribution in [0, 0.1) is 0 Å². The molecule has 0 aromatic heterocycles. The number of carbonyl (C=O) groups is 1. The molecule has 418 valence electrons. The number of nitrogens with one attached hydrogen (secondary N) is 1. The molecule has 0 aromatic rings. The number of unbranched alkanes of at least 4 members (excludes halogenated alkanes) is 45. The van der Waals surface area contributed by atoms with E-state index in [0.717, 1.165) is 32.1 Å². The Morgan fingerprint density at radius 2 is 0.757 bits per heavy atom. The minimum absolute atomic E-state index is 0.0653. The van der Waals surface area contributed by atoms with Crippen LogP contribution in [-0.2, 0) is 18.4 Å². The highest BCUT2D eigenvalue weighted by atomic mass is 31.2. The van der Waals surface area contributed by atoms with Crippen LogP contribution < -0.4 is 5.32 Å². The van der Waals surface area contributed by atoms with Crippen LogP contribution in [0.25, 0.3) is 0 Å². The Kier molecular flexibility index (Phi) is 52.5. The number of hydrogen-bond donors (Lipinski definition) is 3. The first-order valence-electron chi connectivity index (χ1n) is 31.1. The molecule has 0 aliphatic carbocycles. The predicted molar refractivity (Wildman–Crippen MR) is 305 cm³/mol. The second kappa shape index (κ2) is 53.1. The summed E-state index contributed by atoms with van der Waals surface area (Å²) in [6.45, 7) is 4.88. The first kappa shape index (κ1) is 69.2. The van der Waals surface area contributed by atoms with Crippen molar-refractivity contribution in [2.24, 2.45) is 0 Å². The number of likely N-dealkylation sites (N-methyl/N-ethyl adjacent to an activating group) is 1. The zero-order chi connectivity index (χ0) is 51.3. The third-order valence-electron chi connectivity index (χ3n) is 14.5. The fraction of sp³-hybridized carbons (Fsp3) is 0.951. The van der Waals surface area contributed by atoms with Gasteiger partial charge in [-0.2, -0.15) is 0 Å². The van der Waals surface area contributed by atoms with Gasteiger partial charge in [0.1, 0.15) is 13.2 Å². The van der Waals surface area contributed by atoms with Crippen LogP contribution >= 0.6 is 7.82 Å². The molecule has 3 N–H and O–H groups in total. The van der Waals surface area contributed by atoms with E-state index in [0.29, 0.717) is 17.4 Å². The Morgan fingerprint density at radius 1 is 0.471 bits per heavy atom. The molecule has 0 aromatic carbocycles. The Bertz CT molecular complexity index is 1150. The molecule has 0 bridgehead atoms. The van der Waals surface area contributed by atoms with Crippen molar-refractivity contribution in [3.63, 3.8) is 0 Å². The molecule has 0 fully saturated rings. The molecule has 0 rings (SSSR count). The second-order valence-electron chi connectivity index (χ2n) is 22.8. The van der Waals surface area contributed by atoms with Crippen molar-refractivity contribution in [2.75, 3.05) is 40.9 Å². The topological polar surface area (TPSA) is 105 Å². The van der Waals surface area contributed by atoms with Gasteiger partial charge in [0, 0.05) is 6.42 Å². The number of rotatable bonds is 58. The first-order valence-corrected chi connectivity index (χ1v) is 32.6. The SMILES string of the molecule is CCCCCCCCCCCCCCCCCCCCCCCCCCCCC/C=C/C(O)C(COP(=O)(O)OCC[N+](C)(C)C)NC(=O)CCCCCCCCCCCCCCCCCCCCC. The number of phosphoric acid groups is 1. The average molecular weight is 1010 g/mol. The van der Waals surface area contributed by atoms with Gasteiger partial charge in [-0.15, -0.1) is 0 Å². The van der Waals surface area contributed by atoms with Gasteiger partial charge in [0.25, 0.3) is 0 Å². The first-order chi connectivity index (χ1) is 34.0.